The molecule has 0 radical (unpaired) electrons. The Kier molecular flexibility index (Phi) is 3.61. The standard InChI is InChI=1S/C12H18N2OS/c1-9(7-13-2)12(15)14-5-3-11-10(8-14)4-6-16-11/h4,6,9,13H,3,5,7-8H2,1-2H3. The Morgan fingerprint density at radius 2 is 2.50 bits per heavy atom. The quantitative estimate of drug-likeness (QED) is 0.865. The second-order valence-corrected chi connectivity index (χ2v) is 5.34. The van der Waals surface area contributed by atoms with E-state index in [1.54, 1.807) is 0 Å². The first kappa shape index (κ1) is 11.6. The number of thiophene rings is 1. The fraction of sp³-hybridized carbons (Fsp3) is 0.583. The normalized spacial score (nSPS) is 17.0. The van der Waals surface area contributed by atoms with E-state index >= 15 is 0 Å². The van der Waals surface area contributed by atoms with Crippen LogP contribution in [0.5, 0.6) is 0 Å². The van der Waals surface area contributed by atoms with Crippen molar-refractivity contribution in [3.8, 4) is 0 Å². The lowest BCUT2D eigenvalue weighted by atomic mass is 10.1. The minimum Gasteiger partial charge on any atom is -0.338 e. The SMILES string of the molecule is CNCC(C)C(=O)N1CCc2sccc2C1. The third kappa shape index (κ3) is 2.28. The van der Waals surface area contributed by atoms with Gasteiger partial charge in [-0.05, 0) is 30.5 Å². The summed E-state index contributed by atoms with van der Waals surface area (Å²) in [6.07, 6.45) is 1.02. The van der Waals surface area contributed by atoms with Crippen molar-refractivity contribution >= 4 is 17.2 Å². The molecule has 1 aliphatic rings. The van der Waals surface area contributed by atoms with Gasteiger partial charge in [-0.15, -0.1) is 11.3 Å². The molecule has 0 spiro atoms. The number of amides is 1. The van der Waals surface area contributed by atoms with Gasteiger partial charge in [-0.25, -0.2) is 0 Å². The van der Waals surface area contributed by atoms with E-state index in [0.717, 1.165) is 26.1 Å². The van der Waals surface area contributed by atoms with Crippen LogP contribution in [0, 0.1) is 5.92 Å². The van der Waals surface area contributed by atoms with Gasteiger partial charge in [-0.2, -0.15) is 0 Å². The van der Waals surface area contributed by atoms with Crippen molar-refractivity contribution in [1.82, 2.24) is 10.2 Å². The minimum absolute atomic E-state index is 0.0742. The maximum Gasteiger partial charge on any atom is 0.226 e. The highest BCUT2D eigenvalue weighted by atomic mass is 32.1. The maximum absolute atomic E-state index is 12.1. The van der Waals surface area contributed by atoms with Gasteiger partial charge < -0.3 is 10.2 Å². The molecule has 0 aliphatic carbocycles. The molecule has 3 nitrogen and oxygen atoms in total. The van der Waals surface area contributed by atoms with E-state index in [9.17, 15) is 4.79 Å². The van der Waals surface area contributed by atoms with E-state index in [1.165, 1.54) is 10.4 Å². The third-order valence-corrected chi connectivity index (χ3v) is 4.07. The second-order valence-electron chi connectivity index (χ2n) is 4.34. The van der Waals surface area contributed by atoms with Gasteiger partial charge in [0.05, 0.1) is 0 Å². The first-order chi connectivity index (χ1) is 7.72. The molecule has 0 bridgehead atoms. The van der Waals surface area contributed by atoms with Gasteiger partial charge in [0, 0.05) is 30.4 Å². The van der Waals surface area contributed by atoms with Crippen LogP contribution < -0.4 is 5.32 Å². The van der Waals surface area contributed by atoms with Crippen LogP contribution >= 0.6 is 11.3 Å². The molecule has 0 saturated carbocycles. The predicted octanol–water partition coefficient (Wildman–Crippen LogP) is 1.49. The summed E-state index contributed by atoms with van der Waals surface area (Å²) in [5.41, 5.74) is 1.33. The van der Waals surface area contributed by atoms with Crippen LogP contribution in [-0.4, -0.2) is 30.9 Å². The van der Waals surface area contributed by atoms with Crippen molar-refractivity contribution < 1.29 is 4.79 Å². The number of nitrogens with one attached hydrogen (secondary N) is 1. The van der Waals surface area contributed by atoms with Crippen molar-refractivity contribution in [3.63, 3.8) is 0 Å². The summed E-state index contributed by atoms with van der Waals surface area (Å²) in [5.74, 6) is 0.344. The smallest absolute Gasteiger partial charge is 0.226 e. The van der Waals surface area contributed by atoms with Gasteiger partial charge in [-0.3, -0.25) is 4.79 Å². The van der Waals surface area contributed by atoms with Gasteiger partial charge in [0.25, 0.3) is 0 Å². The molecule has 16 heavy (non-hydrogen) atoms. The molecule has 1 atom stereocenters. The Hall–Kier alpha value is -0.870. The Morgan fingerprint density at radius 1 is 1.69 bits per heavy atom. The van der Waals surface area contributed by atoms with Crippen LogP contribution in [0.4, 0.5) is 0 Å². The largest absolute Gasteiger partial charge is 0.338 e. The van der Waals surface area contributed by atoms with Crippen molar-refractivity contribution in [1.29, 1.82) is 0 Å². The average Bonchev–Trinajstić information content (AvgIpc) is 2.75. The Morgan fingerprint density at radius 3 is 3.25 bits per heavy atom. The molecule has 1 unspecified atom stereocenters. The van der Waals surface area contributed by atoms with Crippen LogP contribution in [0.15, 0.2) is 11.4 Å². The van der Waals surface area contributed by atoms with E-state index in [4.69, 9.17) is 0 Å². The van der Waals surface area contributed by atoms with Gasteiger partial charge in [0.1, 0.15) is 0 Å². The lowest BCUT2D eigenvalue weighted by Gasteiger charge is -2.29. The Balaban J connectivity index is 2.00. The lowest BCUT2D eigenvalue weighted by Crippen LogP contribution is -2.41. The number of hydrogen-bond acceptors (Lipinski definition) is 3. The highest BCUT2D eigenvalue weighted by Gasteiger charge is 2.24. The molecule has 0 fully saturated rings. The summed E-state index contributed by atoms with van der Waals surface area (Å²) in [7, 11) is 1.89. The molecule has 0 saturated heterocycles. The summed E-state index contributed by atoms with van der Waals surface area (Å²) < 4.78 is 0. The molecule has 1 aliphatic heterocycles. The number of nitrogens with zero attached hydrogens (tertiary/aromatic N) is 1. The van der Waals surface area contributed by atoms with Crippen LogP contribution in [0.25, 0.3) is 0 Å². The van der Waals surface area contributed by atoms with E-state index in [-0.39, 0.29) is 11.8 Å². The van der Waals surface area contributed by atoms with Crippen molar-refractivity contribution in [2.75, 3.05) is 20.1 Å². The monoisotopic (exact) mass is 238 g/mol. The highest BCUT2D eigenvalue weighted by Crippen LogP contribution is 2.24. The van der Waals surface area contributed by atoms with Crippen molar-refractivity contribution in [3.05, 3.63) is 21.9 Å². The van der Waals surface area contributed by atoms with E-state index < -0.39 is 0 Å². The number of rotatable bonds is 3. The molecule has 0 aromatic carbocycles. The number of carbonyl (C=O) groups excluding carboxylic acids is 1. The zero-order valence-corrected chi connectivity index (χ0v) is 10.6. The zero-order chi connectivity index (χ0) is 11.5. The number of hydrogen-bond donors (Lipinski definition) is 1. The first-order valence-corrected chi connectivity index (χ1v) is 6.59. The average molecular weight is 238 g/mol. The minimum atomic E-state index is 0.0742. The van der Waals surface area contributed by atoms with Crippen LogP contribution in [0.1, 0.15) is 17.4 Å². The van der Waals surface area contributed by atoms with E-state index in [0.29, 0.717) is 0 Å². The molecule has 1 amide bonds. The fourth-order valence-electron chi connectivity index (χ4n) is 2.14. The maximum atomic E-state index is 12.1. The van der Waals surface area contributed by atoms with Gasteiger partial charge >= 0.3 is 0 Å². The van der Waals surface area contributed by atoms with Crippen LogP contribution in [-0.2, 0) is 17.8 Å². The molecular formula is C12H18N2OS. The Labute approximate surface area is 100 Å². The highest BCUT2D eigenvalue weighted by molar-refractivity contribution is 7.10. The number of fused-ring (bicyclic) bond motifs is 1. The molecule has 2 heterocycles. The lowest BCUT2D eigenvalue weighted by molar-refractivity contribution is -0.135. The van der Waals surface area contributed by atoms with Crippen LogP contribution in [0.3, 0.4) is 0 Å². The molecular weight excluding hydrogens is 220 g/mol. The molecule has 1 aromatic heterocycles. The summed E-state index contributed by atoms with van der Waals surface area (Å²) >= 11 is 1.81. The van der Waals surface area contributed by atoms with Crippen LogP contribution in [0.2, 0.25) is 0 Å². The molecule has 1 aromatic rings. The molecule has 88 valence electrons. The van der Waals surface area contributed by atoms with Gasteiger partial charge in [-0.1, -0.05) is 6.92 Å². The number of carbonyl (C=O) groups is 1. The van der Waals surface area contributed by atoms with Gasteiger partial charge in [0.2, 0.25) is 5.91 Å². The molecule has 1 N–H and O–H groups in total. The molecule has 2 rings (SSSR count). The summed E-state index contributed by atoms with van der Waals surface area (Å²) in [6.45, 7) is 4.42. The first-order valence-electron chi connectivity index (χ1n) is 5.71. The van der Waals surface area contributed by atoms with Crippen molar-refractivity contribution in [2.45, 2.75) is 19.9 Å². The fourth-order valence-corrected chi connectivity index (χ4v) is 3.03. The summed E-state index contributed by atoms with van der Waals surface area (Å²) in [4.78, 5) is 15.5. The Bertz CT molecular complexity index is 375. The topological polar surface area (TPSA) is 32.3 Å². The third-order valence-electron chi connectivity index (χ3n) is 3.05. The predicted molar refractivity (Wildman–Crippen MR) is 66.5 cm³/mol. The molecule has 4 heteroatoms. The van der Waals surface area contributed by atoms with Crippen molar-refractivity contribution in [2.24, 2.45) is 5.92 Å². The van der Waals surface area contributed by atoms with E-state index in [1.807, 2.05) is 30.2 Å². The second kappa shape index (κ2) is 4.97. The summed E-state index contributed by atoms with van der Waals surface area (Å²) in [5, 5.41) is 5.18. The summed E-state index contributed by atoms with van der Waals surface area (Å²) in [6, 6.07) is 2.14. The van der Waals surface area contributed by atoms with Gasteiger partial charge in [0.15, 0.2) is 0 Å². The zero-order valence-electron chi connectivity index (χ0n) is 9.82. The van der Waals surface area contributed by atoms with E-state index in [2.05, 4.69) is 16.8 Å².